The second-order valence-corrected chi connectivity index (χ2v) is 3.68. The highest BCUT2D eigenvalue weighted by Gasteiger charge is 1.94. The number of unbranched alkanes of at least 4 members (excludes halogenated alkanes) is 1. The molecule has 0 atom stereocenters. The standard InChI is InChI=1S/C6H14O2.C4H10.C2H5BrO/c1-4-7-6(3)8-5-2;1-3-4-2;3-1-2-4/h6H,4-5H2,1-3H3;3-4H2,1-2H3;4H,1-2H2. The molecule has 0 fully saturated rings. The summed E-state index contributed by atoms with van der Waals surface area (Å²) < 4.78 is 10.1. The van der Waals surface area contributed by atoms with E-state index in [1.807, 2.05) is 20.8 Å². The molecule has 0 aromatic carbocycles. The molecular weight excluding hydrogens is 272 g/mol. The van der Waals surface area contributed by atoms with Crippen molar-refractivity contribution in [1.82, 2.24) is 0 Å². The third kappa shape index (κ3) is 36.7. The van der Waals surface area contributed by atoms with Gasteiger partial charge < -0.3 is 14.6 Å². The molecule has 0 aromatic rings. The molecule has 0 unspecified atom stereocenters. The molecule has 102 valence electrons. The monoisotopic (exact) mass is 300 g/mol. The Balaban J connectivity index is -0.000000179. The van der Waals surface area contributed by atoms with Gasteiger partial charge in [0.1, 0.15) is 0 Å². The molecule has 0 rings (SSSR count). The van der Waals surface area contributed by atoms with E-state index in [0.29, 0.717) is 5.33 Å². The topological polar surface area (TPSA) is 38.7 Å². The first-order chi connectivity index (χ1) is 7.64. The van der Waals surface area contributed by atoms with E-state index in [0.717, 1.165) is 13.2 Å². The molecule has 0 spiro atoms. The summed E-state index contributed by atoms with van der Waals surface area (Å²) in [6.07, 6.45) is 2.60. The van der Waals surface area contributed by atoms with Crippen LogP contribution in [0, 0.1) is 0 Å². The highest BCUT2D eigenvalue weighted by Crippen LogP contribution is 1.90. The lowest BCUT2D eigenvalue weighted by molar-refractivity contribution is -0.123. The van der Waals surface area contributed by atoms with Gasteiger partial charge in [0.05, 0.1) is 6.61 Å². The van der Waals surface area contributed by atoms with Crippen LogP contribution < -0.4 is 0 Å². The van der Waals surface area contributed by atoms with E-state index >= 15 is 0 Å². The maximum Gasteiger partial charge on any atom is 0.154 e. The van der Waals surface area contributed by atoms with Crippen molar-refractivity contribution in [3.63, 3.8) is 0 Å². The molecule has 0 bridgehead atoms. The summed E-state index contributed by atoms with van der Waals surface area (Å²) >= 11 is 3.00. The summed E-state index contributed by atoms with van der Waals surface area (Å²) in [7, 11) is 0. The minimum Gasteiger partial charge on any atom is -0.396 e. The van der Waals surface area contributed by atoms with Crippen LogP contribution in [0.15, 0.2) is 0 Å². The summed E-state index contributed by atoms with van der Waals surface area (Å²) in [6.45, 7) is 11.8. The number of rotatable bonds is 6. The van der Waals surface area contributed by atoms with Gasteiger partial charge in [0.25, 0.3) is 0 Å². The second kappa shape index (κ2) is 24.5. The first-order valence-electron chi connectivity index (χ1n) is 6.04. The van der Waals surface area contributed by atoms with Crippen LogP contribution in [0.3, 0.4) is 0 Å². The van der Waals surface area contributed by atoms with E-state index in [9.17, 15) is 0 Å². The molecule has 0 heterocycles. The van der Waals surface area contributed by atoms with Crippen LogP contribution >= 0.6 is 15.9 Å². The van der Waals surface area contributed by atoms with Crippen LogP contribution in [0.2, 0.25) is 0 Å². The van der Waals surface area contributed by atoms with Gasteiger partial charge in [-0.2, -0.15) is 0 Å². The van der Waals surface area contributed by atoms with E-state index in [1.54, 1.807) is 0 Å². The quantitative estimate of drug-likeness (QED) is 0.602. The maximum absolute atomic E-state index is 7.83. The summed E-state index contributed by atoms with van der Waals surface area (Å²) in [5.74, 6) is 0. The smallest absolute Gasteiger partial charge is 0.154 e. The maximum atomic E-state index is 7.83. The lowest BCUT2D eigenvalue weighted by atomic mass is 10.4. The van der Waals surface area contributed by atoms with E-state index in [-0.39, 0.29) is 12.9 Å². The molecule has 0 saturated heterocycles. The Morgan fingerprint density at radius 1 is 1.00 bits per heavy atom. The zero-order valence-electron chi connectivity index (χ0n) is 11.5. The van der Waals surface area contributed by atoms with Crippen molar-refractivity contribution in [3.05, 3.63) is 0 Å². The van der Waals surface area contributed by atoms with Crippen LogP contribution in [-0.4, -0.2) is 36.5 Å². The van der Waals surface area contributed by atoms with Gasteiger partial charge in [-0.05, 0) is 20.8 Å². The van der Waals surface area contributed by atoms with Crippen LogP contribution in [0.25, 0.3) is 0 Å². The van der Waals surface area contributed by atoms with Gasteiger partial charge in [0.15, 0.2) is 6.29 Å². The average Bonchev–Trinajstić information content (AvgIpc) is 2.30. The molecule has 0 saturated carbocycles. The number of aliphatic hydroxyl groups excluding tert-OH is 1. The zero-order valence-corrected chi connectivity index (χ0v) is 13.0. The Bertz CT molecular complexity index is 78.3. The van der Waals surface area contributed by atoms with Crippen molar-refractivity contribution in [2.45, 2.75) is 53.8 Å². The van der Waals surface area contributed by atoms with E-state index in [1.165, 1.54) is 12.8 Å². The highest BCUT2D eigenvalue weighted by atomic mass is 79.9. The number of alkyl halides is 1. The fraction of sp³-hybridized carbons (Fsp3) is 1.00. The molecule has 1 N–H and O–H groups in total. The van der Waals surface area contributed by atoms with Crippen LogP contribution in [-0.2, 0) is 9.47 Å². The second-order valence-electron chi connectivity index (χ2n) is 2.89. The largest absolute Gasteiger partial charge is 0.396 e. The van der Waals surface area contributed by atoms with Crippen molar-refractivity contribution < 1.29 is 14.6 Å². The Morgan fingerprint density at radius 3 is 1.44 bits per heavy atom. The first kappa shape index (κ1) is 21.6. The lowest BCUT2D eigenvalue weighted by Gasteiger charge is -2.09. The van der Waals surface area contributed by atoms with Crippen LogP contribution in [0.4, 0.5) is 0 Å². The van der Waals surface area contributed by atoms with Gasteiger partial charge >= 0.3 is 0 Å². The fourth-order valence-corrected chi connectivity index (χ4v) is 0.518. The Kier molecular flexibility index (Phi) is 33.2. The summed E-state index contributed by atoms with van der Waals surface area (Å²) in [5.41, 5.74) is 0. The normalized spacial score (nSPS) is 9.00. The number of hydrogen-bond acceptors (Lipinski definition) is 3. The number of aliphatic hydroxyl groups is 1. The van der Waals surface area contributed by atoms with Crippen molar-refractivity contribution >= 4 is 15.9 Å². The minimum absolute atomic E-state index is 0.0370. The summed E-state index contributed by atoms with van der Waals surface area (Å²) in [5, 5.41) is 8.52. The molecule has 0 aromatic heterocycles. The third-order valence-corrected chi connectivity index (χ3v) is 1.74. The van der Waals surface area contributed by atoms with Crippen LogP contribution in [0.1, 0.15) is 47.5 Å². The molecule has 4 heteroatoms. The third-order valence-electron chi connectivity index (χ3n) is 1.39. The van der Waals surface area contributed by atoms with E-state index < -0.39 is 0 Å². The molecular formula is C12H29BrO3. The summed E-state index contributed by atoms with van der Waals surface area (Å²) in [4.78, 5) is 0. The van der Waals surface area contributed by atoms with Crippen molar-refractivity contribution in [3.8, 4) is 0 Å². The molecule has 16 heavy (non-hydrogen) atoms. The van der Waals surface area contributed by atoms with Crippen molar-refractivity contribution in [2.24, 2.45) is 0 Å². The van der Waals surface area contributed by atoms with Crippen LogP contribution in [0.5, 0.6) is 0 Å². The van der Waals surface area contributed by atoms with Gasteiger partial charge in [-0.25, -0.2) is 0 Å². The van der Waals surface area contributed by atoms with Crippen molar-refractivity contribution in [2.75, 3.05) is 25.2 Å². The van der Waals surface area contributed by atoms with Gasteiger partial charge in [0.2, 0.25) is 0 Å². The van der Waals surface area contributed by atoms with E-state index in [4.69, 9.17) is 14.6 Å². The SMILES string of the molecule is CCCC.CCOC(C)OCC.OCCBr. The van der Waals surface area contributed by atoms with E-state index in [2.05, 4.69) is 29.8 Å². The Labute approximate surface area is 110 Å². The lowest BCUT2D eigenvalue weighted by Crippen LogP contribution is -2.11. The highest BCUT2D eigenvalue weighted by molar-refractivity contribution is 9.09. The Morgan fingerprint density at radius 2 is 1.31 bits per heavy atom. The molecule has 0 amide bonds. The molecule has 3 nitrogen and oxygen atoms in total. The Hall–Kier alpha value is 0.360. The van der Waals surface area contributed by atoms with Gasteiger partial charge in [-0.15, -0.1) is 0 Å². The van der Waals surface area contributed by atoms with Gasteiger partial charge in [-0.3, -0.25) is 0 Å². The van der Waals surface area contributed by atoms with Gasteiger partial charge in [-0.1, -0.05) is 42.6 Å². The molecule has 0 aliphatic rings. The first-order valence-corrected chi connectivity index (χ1v) is 7.16. The fourth-order valence-electron chi connectivity index (χ4n) is 0.518. The number of ether oxygens (including phenoxy) is 2. The zero-order chi connectivity index (χ0) is 13.2. The number of hydrogen-bond donors (Lipinski definition) is 1. The number of halogens is 1. The van der Waals surface area contributed by atoms with Gasteiger partial charge in [0, 0.05) is 18.5 Å². The molecule has 0 aliphatic carbocycles. The average molecular weight is 301 g/mol. The predicted molar refractivity (Wildman–Crippen MR) is 74.2 cm³/mol. The predicted octanol–water partition coefficient (Wildman–Crippen LogP) is 3.59. The molecule has 0 radical (unpaired) electrons. The summed E-state index contributed by atoms with van der Waals surface area (Å²) in [6, 6.07) is 0. The van der Waals surface area contributed by atoms with Crippen molar-refractivity contribution in [1.29, 1.82) is 0 Å². The minimum atomic E-state index is -0.0370. The molecule has 0 aliphatic heterocycles.